The Kier molecular flexibility index (Phi) is 3.35. The predicted octanol–water partition coefficient (Wildman–Crippen LogP) is 2.26. The van der Waals surface area contributed by atoms with Crippen LogP contribution in [0.5, 0.6) is 0 Å². The Hall–Kier alpha value is -1.94. The number of amides is 1. The van der Waals surface area contributed by atoms with E-state index in [2.05, 4.69) is 17.5 Å². The third kappa shape index (κ3) is 2.42. The second kappa shape index (κ2) is 4.93. The molecule has 1 aromatic carbocycles. The third-order valence-corrected chi connectivity index (χ3v) is 2.66. The molecule has 86 valence electrons. The van der Waals surface area contributed by atoms with Crippen molar-refractivity contribution in [2.45, 2.75) is 0 Å². The average Bonchev–Trinajstić information content (AvgIpc) is 2.65. The summed E-state index contributed by atoms with van der Waals surface area (Å²) < 4.78 is 2.03. The highest BCUT2D eigenvalue weighted by atomic mass is 32.1. The minimum absolute atomic E-state index is 0.215. The number of hydrogen-bond donors (Lipinski definition) is 1. The summed E-state index contributed by atoms with van der Waals surface area (Å²) in [6, 6.07) is 8.06. The van der Waals surface area contributed by atoms with E-state index in [0.717, 1.165) is 16.5 Å². The van der Waals surface area contributed by atoms with Crippen molar-refractivity contribution >= 4 is 40.6 Å². The Labute approximate surface area is 105 Å². The van der Waals surface area contributed by atoms with Crippen LogP contribution in [-0.2, 0) is 11.8 Å². The van der Waals surface area contributed by atoms with Crippen LogP contribution in [0.25, 0.3) is 17.0 Å². The summed E-state index contributed by atoms with van der Waals surface area (Å²) in [5, 5.41) is 3.55. The summed E-state index contributed by atoms with van der Waals surface area (Å²) >= 11 is 4.55. The number of para-hydroxylation sites is 1. The van der Waals surface area contributed by atoms with E-state index in [1.165, 1.54) is 11.6 Å². The molecule has 4 heteroatoms. The largest absolute Gasteiger partial charge is 0.350 e. The van der Waals surface area contributed by atoms with Gasteiger partial charge in [0.15, 0.2) is 0 Å². The van der Waals surface area contributed by atoms with Gasteiger partial charge in [-0.3, -0.25) is 4.79 Å². The number of benzene rings is 1. The third-order valence-electron chi connectivity index (χ3n) is 2.54. The fourth-order valence-corrected chi connectivity index (χ4v) is 1.89. The van der Waals surface area contributed by atoms with Crippen LogP contribution in [-0.4, -0.2) is 16.0 Å². The van der Waals surface area contributed by atoms with E-state index >= 15 is 0 Å². The molecule has 1 amide bonds. The Morgan fingerprint density at radius 2 is 2.18 bits per heavy atom. The van der Waals surface area contributed by atoms with Gasteiger partial charge in [0.25, 0.3) is 0 Å². The zero-order chi connectivity index (χ0) is 12.3. The molecule has 0 atom stereocenters. The van der Waals surface area contributed by atoms with E-state index in [1.807, 2.05) is 42.1 Å². The fourth-order valence-electron chi connectivity index (χ4n) is 1.78. The van der Waals surface area contributed by atoms with Crippen molar-refractivity contribution in [1.82, 2.24) is 9.88 Å². The van der Waals surface area contributed by atoms with E-state index in [1.54, 1.807) is 6.08 Å². The predicted molar refractivity (Wildman–Crippen MR) is 73.8 cm³/mol. The van der Waals surface area contributed by atoms with Crippen molar-refractivity contribution in [2.24, 2.45) is 7.05 Å². The van der Waals surface area contributed by atoms with Crippen molar-refractivity contribution in [1.29, 1.82) is 0 Å². The quantitative estimate of drug-likeness (QED) is 0.664. The maximum absolute atomic E-state index is 11.3. The maximum atomic E-state index is 11.3. The monoisotopic (exact) mass is 244 g/mol. The van der Waals surface area contributed by atoms with Crippen LogP contribution in [0, 0.1) is 0 Å². The normalized spacial score (nSPS) is 10.9. The number of fused-ring (bicyclic) bond motifs is 1. The molecule has 0 saturated carbocycles. The molecule has 1 heterocycles. The summed E-state index contributed by atoms with van der Waals surface area (Å²) in [5.74, 6) is -0.215. The van der Waals surface area contributed by atoms with Gasteiger partial charge < -0.3 is 9.88 Å². The number of carbonyl (C=O) groups excluding carboxylic acids is 1. The molecule has 1 N–H and O–H groups in total. The molecule has 0 saturated heterocycles. The minimum atomic E-state index is -0.215. The highest BCUT2D eigenvalue weighted by Crippen LogP contribution is 2.21. The van der Waals surface area contributed by atoms with Gasteiger partial charge in [-0.15, -0.1) is 0 Å². The number of aryl methyl sites for hydroxylation is 1. The zero-order valence-corrected chi connectivity index (χ0v) is 10.2. The van der Waals surface area contributed by atoms with E-state index in [-0.39, 0.29) is 5.91 Å². The number of nitrogens with zero attached hydrogens (tertiary/aromatic N) is 1. The molecule has 1 aromatic heterocycles. The molecule has 0 aliphatic carbocycles. The first-order chi connectivity index (χ1) is 8.22. The van der Waals surface area contributed by atoms with Crippen molar-refractivity contribution < 1.29 is 4.79 Å². The second-order valence-corrected chi connectivity index (χ2v) is 3.91. The highest BCUT2D eigenvalue weighted by molar-refractivity contribution is 7.78. The Morgan fingerprint density at radius 1 is 1.41 bits per heavy atom. The van der Waals surface area contributed by atoms with E-state index < -0.39 is 0 Å². The van der Waals surface area contributed by atoms with Gasteiger partial charge in [0.1, 0.15) is 0 Å². The Bertz CT molecular complexity index is 598. The molecule has 0 bridgehead atoms. The molecule has 2 aromatic rings. The van der Waals surface area contributed by atoms with Crippen LogP contribution in [0.1, 0.15) is 5.56 Å². The van der Waals surface area contributed by atoms with Crippen LogP contribution in [0.2, 0.25) is 0 Å². The second-order valence-electron chi connectivity index (χ2n) is 3.67. The minimum Gasteiger partial charge on any atom is -0.350 e. The molecule has 0 aliphatic rings. The van der Waals surface area contributed by atoms with Crippen LogP contribution in [0.3, 0.4) is 0 Å². The molecular weight excluding hydrogens is 232 g/mol. The van der Waals surface area contributed by atoms with E-state index in [0.29, 0.717) is 0 Å². The van der Waals surface area contributed by atoms with Crippen molar-refractivity contribution in [2.75, 3.05) is 0 Å². The van der Waals surface area contributed by atoms with E-state index in [4.69, 9.17) is 0 Å². The molecule has 0 aliphatic heterocycles. The first-order valence-corrected chi connectivity index (χ1v) is 5.66. The highest BCUT2D eigenvalue weighted by Gasteiger charge is 2.02. The van der Waals surface area contributed by atoms with Crippen molar-refractivity contribution in [3.63, 3.8) is 0 Å². The summed E-state index contributed by atoms with van der Waals surface area (Å²) in [5.41, 5.74) is 3.36. The fraction of sp³-hybridized carbons (Fsp3) is 0.0769. The molecule has 0 spiro atoms. The molecule has 2 rings (SSSR count). The van der Waals surface area contributed by atoms with Crippen LogP contribution in [0.15, 0.2) is 36.5 Å². The van der Waals surface area contributed by atoms with Crippen molar-refractivity contribution in [3.8, 4) is 0 Å². The summed E-state index contributed by atoms with van der Waals surface area (Å²) in [7, 11) is 1.98. The number of rotatable bonds is 3. The topological polar surface area (TPSA) is 34.0 Å². The van der Waals surface area contributed by atoms with Gasteiger partial charge in [0.2, 0.25) is 5.91 Å². The lowest BCUT2D eigenvalue weighted by Gasteiger charge is -1.93. The van der Waals surface area contributed by atoms with Crippen LogP contribution in [0.4, 0.5) is 0 Å². The number of thiocarbonyl (C=S) groups is 1. The molecule has 0 radical (unpaired) electrons. The van der Waals surface area contributed by atoms with Gasteiger partial charge >= 0.3 is 0 Å². The molecular formula is C13H12N2OS. The standard InChI is InChI=1S/C13H12N2OS/c1-15-8-10(6-7-13(16)14-9-17)11-4-2-3-5-12(11)15/h2-9H,1H3,(H,14,16,17). The van der Waals surface area contributed by atoms with Gasteiger partial charge in [0.05, 0.1) is 5.49 Å². The lowest BCUT2D eigenvalue weighted by Crippen LogP contribution is -2.16. The molecule has 0 unspecified atom stereocenters. The average molecular weight is 244 g/mol. The van der Waals surface area contributed by atoms with Gasteiger partial charge in [-0.05, 0) is 12.1 Å². The van der Waals surface area contributed by atoms with Gasteiger partial charge in [-0.1, -0.05) is 30.4 Å². The van der Waals surface area contributed by atoms with Crippen LogP contribution >= 0.6 is 12.2 Å². The van der Waals surface area contributed by atoms with E-state index in [9.17, 15) is 4.79 Å². The van der Waals surface area contributed by atoms with Gasteiger partial charge in [-0.25, -0.2) is 0 Å². The first kappa shape index (κ1) is 11.5. The summed E-state index contributed by atoms with van der Waals surface area (Å²) in [4.78, 5) is 11.3. The van der Waals surface area contributed by atoms with Crippen molar-refractivity contribution in [3.05, 3.63) is 42.1 Å². The number of nitrogens with one attached hydrogen (secondary N) is 1. The molecule has 3 nitrogen and oxygen atoms in total. The lowest BCUT2D eigenvalue weighted by atomic mass is 10.1. The lowest BCUT2D eigenvalue weighted by molar-refractivity contribution is -0.115. The molecule has 0 fully saturated rings. The smallest absolute Gasteiger partial charge is 0.248 e. The Morgan fingerprint density at radius 3 is 2.94 bits per heavy atom. The first-order valence-electron chi connectivity index (χ1n) is 5.18. The zero-order valence-electron chi connectivity index (χ0n) is 9.38. The van der Waals surface area contributed by atoms with Crippen LogP contribution < -0.4 is 5.32 Å². The summed E-state index contributed by atoms with van der Waals surface area (Å²) in [6.07, 6.45) is 5.26. The number of carbonyl (C=O) groups is 1. The van der Waals surface area contributed by atoms with Gasteiger partial charge in [0, 0.05) is 35.8 Å². The number of hydrogen-bond acceptors (Lipinski definition) is 2. The van der Waals surface area contributed by atoms with Gasteiger partial charge in [-0.2, -0.15) is 0 Å². The SMILES string of the molecule is Cn1cc(C=CC(=O)NC=S)c2ccccc21. The number of aromatic nitrogens is 1. The summed E-state index contributed by atoms with van der Waals surface area (Å²) in [6.45, 7) is 0. The maximum Gasteiger partial charge on any atom is 0.248 e. The Balaban J connectivity index is 2.36. The molecule has 17 heavy (non-hydrogen) atoms.